The van der Waals surface area contributed by atoms with Gasteiger partial charge in [0.2, 0.25) is 0 Å². The van der Waals surface area contributed by atoms with Gasteiger partial charge < -0.3 is 10.6 Å². The number of rotatable bonds is 5. The zero-order chi connectivity index (χ0) is 14.4. The number of aromatic nitrogens is 2. The summed E-state index contributed by atoms with van der Waals surface area (Å²) in [7, 11) is 0. The fourth-order valence-corrected chi connectivity index (χ4v) is 1.87. The fraction of sp³-hybridized carbons (Fsp3) is 0.267. The van der Waals surface area contributed by atoms with E-state index in [4.69, 9.17) is 5.26 Å². The number of nitrogens with one attached hydrogen (secondary N) is 2. The lowest BCUT2D eigenvalue weighted by atomic mass is 10.1. The summed E-state index contributed by atoms with van der Waals surface area (Å²) < 4.78 is 0. The van der Waals surface area contributed by atoms with Crippen LogP contribution in [-0.4, -0.2) is 16.5 Å². The first-order chi connectivity index (χ1) is 9.71. The number of nitrogens with zero attached hydrogens (tertiary/aromatic N) is 3. The first-order valence-corrected chi connectivity index (χ1v) is 6.53. The number of aryl methyl sites for hydroxylation is 1. The van der Waals surface area contributed by atoms with Gasteiger partial charge in [-0.3, -0.25) is 0 Å². The molecule has 0 radical (unpaired) electrons. The fourth-order valence-electron chi connectivity index (χ4n) is 1.87. The maximum absolute atomic E-state index is 8.88. The van der Waals surface area contributed by atoms with Crippen molar-refractivity contribution >= 4 is 11.6 Å². The standard InChI is InChI=1S/C15H17N5/c1-3-17-14-8-15(20-11(2)19-14)18-10-13-6-4-5-12(7-13)9-16/h4-8H,3,10H2,1-2H3,(H2,17,18,19,20). The van der Waals surface area contributed by atoms with Gasteiger partial charge in [-0.05, 0) is 31.5 Å². The van der Waals surface area contributed by atoms with E-state index in [2.05, 4.69) is 26.7 Å². The summed E-state index contributed by atoms with van der Waals surface area (Å²) in [5, 5.41) is 15.3. The van der Waals surface area contributed by atoms with Crippen LogP contribution in [0.1, 0.15) is 23.9 Å². The summed E-state index contributed by atoms with van der Waals surface area (Å²) in [6.45, 7) is 5.33. The van der Waals surface area contributed by atoms with Gasteiger partial charge in [0.15, 0.2) is 0 Å². The summed E-state index contributed by atoms with van der Waals surface area (Å²) in [4.78, 5) is 8.65. The molecule has 0 aliphatic carbocycles. The van der Waals surface area contributed by atoms with Crippen molar-refractivity contribution in [2.24, 2.45) is 0 Å². The zero-order valence-corrected chi connectivity index (χ0v) is 11.6. The smallest absolute Gasteiger partial charge is 0.132 e. The minimum Gasteiger partial charge on any atom is -0.370 e. The molecule has 2 N–H and O–H groups in total. The zero-order valence-electron chi connectivity index (χ0n) is 11.6. The van der Waals surface area contributed by atoms with Crippen molar-refractivity contribution in [1.82, 2.24) is 9.97 Å². The molecular formula is C15H17N5. The molecule has 0 saturated carbocycles. The van der Waals surface area contributed by atoms with E-state index in [-0.39, 0.29) is 0 Å². The van der Waals surface area contributed by atoms with Crippen molar-refractivity contribution in [2.45, 2.75) is 20.4 Å². The van der Waals surface area contributed by atoms with Gasteiger partial charge in [0.1, 0.15) is 17.5 Å². The van der Waals surface area contributed by atoms with Crippen LogP contribution in [0.4, 0.5) is 11.6 Å². The molecule has 1 aromatic heterocycles. The van der Waals surface area contributed by atoms with Gasteiger partial charge >= 0.3 is 0 Å². The van der Waals surface area contributed by atoms with Crippen LogP contribution in [0.2, 0.25) is 0 Å². The minimum absolute atomic E-state index is 0.623. The molecular weight excluding hydrogens is 250 g/mol. The molecule has 20 heavy (non-hydrogen) atoms. The van der Waals surface area contributed by atoms with E-state index >= 15 is 0 Å². The SMILES string of the molecule is CCNc1cc(NCc2cccc(C#N)c2)nc(C)n1. The van der Waals surface area contributed by atoms with Crippen LogP contribution in [0.3, 0.4) is 0 Å². The normalized spacial score (nSPS) is 9.85. The number of hydrogen-bond acceptors (Lipinski definition) is 5. The number of hydrogen-bond donors (Lipinski definition) is 2. The Morgan fingerprint density at radius 2 is 1.90 bits per heavy atom. The second-order valence-corrected chi connectivity index (χ2v) is 4.38. The van der Waals surface area contributed by atoms with E-state index in [0.29, 0.717) is 12.1 Å². The van der Waals surface area contributed by atoms with Crippen molar-refractivity contribution in [2.75, 3.05) is 17.2 Å². The Kier molecular flexibility index (Phi) is 4.51. The highest BCUT2D eigenvalue weighted by Crippen LogP contribution is 2.12. The first-order valence-electron chi connectivity index (χ1n) is 6.53. The lowest BCUT2D eigenvalue weighted by molar-refractivity contribution is 1.01. The Morgan fingerprint density at radius 3 is 2.60 bits per heavy atom. The summed E-state index contributed by atoms with van der Waals surface area (Å²) >= 11 is 0. The van der Waals surface area contributed by atoms with Gasteiger partial charge in [-0.2, -0.15) is 5.26 Å². The Bertz CT molecular complexity index is 630. The van der Waals surface area contributed by atoms with E-state index in [1.807, 2.05) is 38.1 Å². The van der Waals surface area contributed by atoms with Crippen LogP contribution in [0.15, 0.2) is 30.3 Å². The Labute approximate surface area is 118 Å². The monoisotopic (exact) mass is 267 g/mol. The molecule has 2 aromatic rings. The molecule has 2 rings (SSSR count). The maximum atomic E-state index is 8.88. The Morgan fingerprint density at radius 1 is 1.15 bits per heavy atom. The topological polar surface area (TPSA) is 73.6 Å². The Balaban J connectivity index is 2.08. The minimum atomic E-state index is 0.623. The summed E-state index contributed by atoms with van der Waals surface area (Å²) in [5.41, 5.74) is 1.71. The summed E-state index contributed by atoms with van der Waals surface area (Å²) in [6, 6.07) is 11.5. The van der Waals surface area contributed by atoms with Gasteiger partial charge in [-0.15, -0.1) is 0 Å². The van der Waals surface area contributed by atoms with Gasteiger partial charge in [-0.25, -0.2) is 9.97 Å². The van der Waals surface area contributed by atoms with Crippen LogP contribution < -0.4 is 10.6 Å². The molecule has 0 atom stereocenters. The molecule has 0 amide bonds. The van der Waals surface area contributed by atoms with Crippen molar-refractivity contribution in [3.63, 3.8) is 0 Å². The average molecular weight is 267 g/mol. The van der Waals surface area contributed by atoms with E-state index in [1.54, 1.807) is 6.07 Å². The quantitative estimate of drug-likeness (QED) is 0.871. The molecule has 1 aromatic carbocycles. The first kappa shape index (κ1) is 13.8. The lowest BCUT2D eigenvalue weighted by Gasteiger charge is -2.09. The van der Waals surface area contributed by atoms with E-state index in [1.165, 1.54) is 0 Å². The van der Waals surface area contributed by atoms with Gasteiger partial charge in [-0.1, -0.05) is 12.1 Å². The van der Waals surface area contributed by atoms with Gasteiger partial charge in [0.05, 0.1) is 11.6 Å². The molecule has 0 aliphatic heterocycles. The maximum Gasteiger partial charge on any atom is 0.132 e. The molecule has 0 saturated heterocycles. The predicted molar refractivity (Wildman–Crippen MR) is 79.4 cm³/mol. The summed E-state index contributed by atoms with van der Waals surface area (Å²) in [5.74, 6) is 2.31. The lowest BCUT2D eigenvalue weighted by Crippen LogP contribution is -2.06. The molecule has 5 nitrogen and oxygen atoms in total. The van der Waals surface area contributed by atoms with Gasteiger partial charge in [0.25, 0.3) is 0 Å². The predicted octanol–water partition coefficient (Wildman–Crippen LogP) is 2.70. The Hall–Kier alpha value is -2.61. The second kappa shape index (κ2) is 6.53. The van der Waals surface area contributed by atoms with Crippen molar-refractivity contribution in [3.8, 4) is 6.07 Å². The number of nitriles is 1. The van der Waals surface area contributed by atoms with Crippen molar-refractivity contribution in [3.05, 3.63) is 47.3 Å². The van der Waals surface area contributed by atoms with Crippen molar-refractivity contribution in [1.29, 1.82) is 5.26 Å². The third kappa shape index (κ3) is 3.69. The van der Waals surface area contributed by atoms with E-state index in [9.17, 15) is 0 Å². The third-order valence-corrected chi connectivity index (χ3v) is 2.73. The molecule has 0 spiro atoms. The van der Waals surface area contributed by atoms with Crippen LogP contribution in [0, 0.1) is 18.3 Å². The molecule has 0 unspecified atom stereocenters. The average Bonchev–Trinajstić information content (AvgIpc) is 2.45. The highest BCUT2D eigenvalue weighted by atomic mass is 15.1. The molecule has 1 heterocycles. The van der Waals surface area contributed by atoms with Crippen molar-refractivity contribution < 1.29 is 0 Å². The highest BCUT2D eigenvalue weighted by molar-refractivity contribution is 5.48. The number of benzene rings is 1. The molecule has 5 heteroatoms. The number of anilines is 2. The molecule has 102 valence electrons. The highest BCUT2D eigenvalue weighted by Gasteiger charge is 2.01. The van der Waals surface area contributed by atoms with Crippen LogP contribution in [0.5, 0.6) is 0 Å². The van der Waals surface area contributed by atoms with Crippen LogP contribution in [0.25, 0.3) is 0 Å². The molecule has 0 bridgehead atoms. The third-order valence-electron chi connectivity index (χ3n) is 2.73. The molecule has 0 fully saturated rings. The van der Waals surface area contributed by atoms with E-state index < -0.39 is 0 Å². The molecule has 0 aliphatic rings. The van der Waals surface area contributed by atoms with Crippen LogP contribution in [-0.2, 0) is 6.54 Å². The van der Waals surface area contributed by atoms with E-state index in [0.717, 1.165) is 29.6 Å². The summed E-state index contributed by atoms with van der Waals surface area (Å²) in [6.07, 6.45) is 0. The largest absolute Gasteiger partial charge is 0.370 e. The van der Waals surface area contributed by atoms with Gasteiger partial charge in [0, 0.05) is 19.2 Å². The van der Waals surface area contributed by atoms with Crippen LogP contribution >= 0.6 is 0 Å². The second-order valence-electron chi connectivity index (χ2n) is 4.38.